The molecule has 0 aromatic carbocycles. The minimum absolute atomic E-state index is 0.0761. The van der Waals surface area contributed by atoms with Crippen LogP contribution in [-0.2, 0) is 23.9 Å². The van der Waals surface area contributed by atoms with Crippen molar-refractivity contribution in [2.75, 3.05) is 13.2 Å². The van der Waals surface area contributed by atoms with Crippen molar-refractivity contribution in [3.8, 4) is 0 Å². The van der Waals surface area contributed by atoms with Gasteiger partial charge in [0.2, 0.25) is 5.41 Å². The second-order valence-electron chi connectivity index (χ2n) is 5.28. The highest BCUT2D eigenvalue weighted by Crippen LogP contribution is 2.37. The van der Waals surface area contributed by atoms with Gasteiger partial charge >= 0.3 is 11.9 Å². The van der Waals surface area contributed by atoms with Gasteiger partial charge in [0, 0.05) is 5.92 Å². The molecule has 0 N–H and O–H groups in total. The highest BCUT2D eigenvalue weighted by Gasteiger charge is 2.58. The summed E-state index contributed by atoms with van der Waals surface area (Å²) in [5, 5.41) is 0. The monoisotopic (exact) mass is 324 g/mol. The molecule has 5 heteroatoms. The molecular weight excluding hydrogens is 296 g/mol. The number of hydrogen-bond donors (Lipinski definition) is 0. The van der Waals surface area contributed by atoms with Crippen LogP contribution in [0.3, 0.4) is 0 Å². The topological polar surface area (TPSA) is 69.7 Å². The first-order valence-corrected chi connectivity index (χ1v) is 8.14. The lowest BCUT2D eigenvalue weighted by molar-refractivity contribution is -0.177. The molecule has 0 aliphatic heterocycles. The average molecular weight is 324 g/mol. The Morgan fingerprint density at radius 3 is 1.96 bits per heavy atom. The van der Waals surface area contributed by atoms with Crippen LogP contribution in [0.15, 0.2) is 18.4 Å². The molecular formula is C18H28O5. The van der Waals surface area contributed by atoms with E-state index < -0.39 is 29.1 Å². The number of ketones is 1. The summed E-state index contributed by atoms with van der Waals surface area (Å²) in [7, 11) is 0. The van der Waals surface area contributed by atoms with E-state index in [0.29, 0.717) is 6.42 Å². The molecule has 0 saturated carbocycles. The van der Waals surface area contributed by atoms with E-state index in [1.807, 2.05) is 6.92 Å². The van der Waals surface area contributed by atoms with Gasteiger partial charge in [0.1, 0.15) is 0 Å². The summed E-state index contributed by atoms with van der Waals surface area (Å²) in [6, 6.07) is 0. The molecule has 0 saturated heterocycles. The normalized spacial score (nSPS) is 12.0. The summed E-state index contributed by atoms with van der Waals surface area (Å²) < 4.78 is 10.1. The number of esters is 2. The Hall–Kier alpha value is -1.87. The van der Waals surface area contributed by atoms with E-state index in [1.165, 1.54) is 13.0 Å². The Balaban J connectivity index is 5.99. The van der Waals surface area contributed by atoms with Gasteiger partial charge in [0.05, 0.1) is 13.2 Å². The van der Waals surface area contributed by atoms with Crippen molar-refractivity contribution in [3.63, 3.8) is 0 Å². The SMILES string of the molecule is C=C=CC(CCCCC)C(C(C)=O)(C(=O)OCC)C(=O)OCC. The fraction of sp³-hybridized carbons (Fsp3) is 0.667. The lowest BCUT2D eigenvalue weighted by Gasteiger charge is -2.32. The standard InChI is InChI=1S/C18H28O5/c1-6-10-11-13-15(12-7-2)18(14(5)19,16(20)22-8-3)17(21)23-9-4/h12,15H,2,6,8-11,13H2,1,3-5H3. The van der Waals surface area contributed by atoms with Crippen molar-refractivity contribution in [1.82, 2.24) is 0 Å². The zero-order valence-electron chi connectivity index (χ0n) is 14.6. The zero-order chi connectivity index (χ0) is 17.9. The maximum atomic E-state index is 12.6. The van der Waals surface area contributed by atoms with Gasteiger partial charge in [-0.1, -0.05) is 32.8 Å². The van der Waals surface area contributed by atoms with Crippen molar-refractivity contribution in [2.24, 2.45) is 11.3 Å². The molecule has 1 unspecified atom stereocenters. The summed E-state index contributed by atoms with van der Waals surface area (Å²) in [5.74, 6) is -2.98. The van der Waals surface area contributed by atoms with E-state index in [9.17, 15) is 14.4 Å². The lowest BCUT2D eigenvalue weighted by atomic mass is 9.70. The molecule has 0 bridgehead atoms. The molecule has 0 spiro atoms. The third-order valence-electron chi connectivity index (χ3n) is 3.74. The van der Waals surface area contributed by atoms with Gasteiger partial charge in [0.15, 0.2) is 5.78 Å². The van der Waals surface area contributed by atoms with E-state index in [0.717, 1.165) is 19.3 Å². The fourth-order valence-electron chi connectivity index (χ4n) is 2.61. The van der Waals surface area contributed by atoms with E-state index in [-0.39, 0.29) is 13.2 Å². The third-order valence-corrected chi connectivity index (χ3v) is 3.74. The number of ether oxygens (including phenoxy) is 2. The Labute approximate surface area is 138 Å². The summed E-state index contributed by atoms with van der Waals surface area (Å²) in [6.07, 6.45) is 4.67. The molecule has 0 fully saturated rings. The largest absolute Gasteiger partial charge is 0.465 e. The Bertz CT molecular complexity index is 442. The molecule has 130 valence electrons. The summed E-state index contributed by atoms with van der Waals surface area (Å²) >= 11 is 0. The fourth-order valence-corrected chi connectivity index (χ4v) is 2.61. The molecule has 0 amide bonds. The van der Waals surface area contributed by atoms with Crippen LogP contribution in [0.25, 0.3) is 0 Å². The molecule has 1 atom stereocenters. The minimum Gasteiger partial charge on any atom is -0.465 e. The van der Waals surface area contributed by atoms with Crippen LogP contribution in [0.5, 0.6) is 0 Å². The molecule has 0 radical (unpaired) electrons. The van der Waals surface area contributed by atoms with E-state index in [1.54, 1.807) is 13.8 Å². The first kappa shape index (κ1) is 21.1. The molecule has 0 aliphatic rings. The average Bonchev–Trinajstić information content (AvgIpc) is 2.48. The van der Waals surface area contributed by atoms with Gasteiger partial charge in [-0.3, -0.25) is 14.4 Å². The quantitative estimate of drug-likeness (QED) is 0.252. The van der Waals surface area contributed by atoms with Gasteiger partial charge in [-0.2, -0.15) is 0 Å². The van der Waals surface area contributed by atoms with Gasteiger partial charge < -0.3 is 9.47 Å². The smallest absolute Gasteiger partial charge is 0.331 e. The molecule has 0 rings (SSSR count). The first-order chi connectivity index (χ1) is 10.9. The zero-order valence-corrected chi connectivity index (χ0v) is 14.6. The maximum Gasteiger partial charge on any atom is 0.331 e. The van der Waals surface area contributed by atoms with Crippen LogP contribution in [-0.4, -0.2) is 30.9 Å². The summed E-state index contributed by atoms with van der Waals surface area (Å²) in [4.78, 5) is 37.5. The van der Waals surface area contributed by atoms with Crippen LogP contribution >= 0.6 is 0 Å². The first-order valence-electron chi connectivity index (χ1n) is 8.14. The molecule has 23 heavy (non-hydrogen) atoms. The van der Waals surface area contributed by atoms with E-state index in [2.05, 4.69) is 12.3 Å². The number of rotatable bonds is 11. The van der Waals surface area contributed by atoms with Crippen molar-refractivity contribution in [1.29, 1.82) is 0 Å². The Morgan fingerprint density at radius 1 is 1.09 bits per heavy atom. The summed E-state index contributed by atoms with van der Waals surface area (Å²) in [6.45, 7) is 10.2. The van der Waals surface area contributed by atoms with E-state index in [4.69, 9.17) is 9.47 Å². The second-order valence-corrected chi connectivity index (χ2v) is 5.28. The van der Waals surface area contributed by atoms with Crippen molar-refractivity contribution in [2.45, 2.75) is 53.4 Å². The van der Waals surface area contributed by atoms with Crippen LogP contribution in [0.2, 0.25) is 0 Å². The summed E-state index contributed by atoms with van der Waals surface area (Å²) in [5.41, 5.74) is 0.624. The Kier molecular flexibility index (Phi) is 9.91. The van der Waals surface area contributed by atoms with Gasteiger partial charge in [-0.05, 0) is 33.3 Å². The number of carbonyl (C=O) groups excluding carboxylic acids is 3. The second kappa shape index (κ2) is 10.8. The van der Waals surface area contributed by atoms with Crippen LogP contribution in [0, 0.1) is 11.3 Å². The number of allylic oxidation sites excluding steroid dienone is 1. The molecule has 0 aromatic rings. The maximum absolute atomic E-state index is 12.6. The van der Waals surface area contributed by atoms with Gasteiger partial charge in [-0.15, -0.1) is 5.73 Å². The van der Waals surface area contributed by atoms with Crippen LogP contribution in [0.1, 0.15) is 53.4 Å². The molecule has 0 heterocycles. The van der Waals surface area contributed by atoms with Crippen molar-refractivity contribution < 1.29 is 23.9 Å². The highest BCUT2D eigenvalue weighted by atomic mass is 16.6. The van der Waals surface area contributed by atoms with Crippen molar-refractivity contribution in [3.05, 3.63) is 18.4 Å². The van der Waals surface area contributed by atoms with Crippen molar-refractivity contribution >= 4 is 17.7 Å². The lowest BCUT2D eigenvalue weighted by Crippen LogP contribution is -2.52. The van der Waals surface area contributed by atoms with Crippen LogP contribution in [0.4, 0.5) is 0 Å². The number of unbranched alkanes of at least 4 members (excludes halogenated alkanes) is 2. The Morgan fingerprint density at radius 2 is 1.61 bits per heavy atom. The highest BCUT2D eigenvalue weighted by molar-refractivity contribution is 6.20. The minimum atomic E-state index is -1.98. The molecule has 5 nitrogen and oxygen atoms in total. The predicted octanol–water partition coefficient (Wildman–Crippen LogP) is 3.23. The van der Waals surface area contributed by atoms with Crippen LogP contribution < -0.4 is 0 Å². The molecule has 0 aromatic heterocycles. The van der Waals surface area contributed by atoms with Gasteiger partial charge in [0.25, 0.3) is 0 Å². The predicted molar refractivity (Wildman–Crippen MR) is 87.7 cm³/mol. The number of carbonyl (C=O) groups is 3. The van der Waals surface area contributed by atoms with Gasteiger partial charge in [-0.25, -0.2) is 0 Å². The molecule has 0 aliphatic carbocycles. The number of Topliss-reactive ketones (excluding diaryl/α,β-unsaturated/α-hetero) is 1. The third kappa shape index (κ3) is 5.07. The van der Waals surface area contributed by atoms with E-state index >= 15 is 0 Å². The number of hydrogen-bond acceptors (Lipinski definition) is 5.